The van der Waals surface area contributed by atoms with Crippen molar-refractivity contribution in [2.75, 3.05) is 6.54 Å². The van der Waals surface area contributed by atoms with Gasteiger partial charge in [0.1, 0.15) is 0 Å². The summed E-state index contributed by atoms with van der Waals surface area (Å²) in [6, 6.07) is 0.623. The Morgan fingerprint density at radius 3 is 2.57 bits per heavy atom. The van der Waals surface area contributed by atoms with Crippen LogP contribution in [0, 0.1) is 5.92 Å². The molecule has 0 radical (unpaired) electrons. The molecule has 1 aliphatic heterocycles. The molecule has 0 amide bonds. The molecule has 0 aromatic carbocycles. The molecule has 14 heavy (non-hydrogen) atoms. The number of nitrogens with one attached hydrogen (secondary N) is 1. The first-order valence-electron chi connectivity index (χ1n) is 6.18. The van der Waals surface area contributed by atoms with Crippen molar-refractivity contribution in [2.24, 2.45) is 5.92 Å². The van der Waals surface area contributed by atoms with Gasteiger partial charge < -0.3 is 10.1 Å². The highest BCUT2D eigenvalue weighted by Gasteiger charge is 2.33. The molecule has 3 unspecified atom stereocenters. The van der Waals surface area contributed by atoms with E-state index in [2.05, 4.69) is 19.2 Å². The predicted octanol–water partition coefficient (Wildman–Crippen LogP) is 2.33. The summed E-state index contributed by atoms with van der Waals surface area (Å²) in [5.74, 6) is 0.999. The lowest BCUT2D eigenvalue weighted by Crippen LogP contribution is -2.40. The molecule has 0 bridgehead atoms. The van der Waals surface area contributed by atoms with Crippen LogP contribution in [-0.4, -0.2) is 24.8 Å². The highest BCUT2D eigenvalue weighted by molar-refractivity contribution is 4.87. The van der Waals surface area contributed by atoms with E-state index in [9.17, 15) is 0 Å². The first kappa shape index (κ1) is 10.4. The molecule has 3 atom stereocenters. The Balaban J connectivity index is 1.81. The normalized spacial score (nSPS) is 34.7. The Morgan fingerprint density at radius 2 is 2.07 bits per heavy atom. The van der Waals surface area contributed by atoms with E-state index in [4.69, 9.17) is 4.74 Å². The molecular formula is C12H23NO. The third kappa shape index (κ3) is 2.71. The molecule has 2 rings (SSSR count). The number of hydrogen-bond acceptors (Lipinski definition) is 2. The van der Waals surface area contributed by atoms with Crippen molar-refractivity contribution in [3.8, 4) is 0 Å². The van der Waals surface area contributed by atoms with E-state index >= 15 is 0 Å². The minimum absolute atomic E-state index is 0.486. The van der Waals surface area contributed by atoms with Gasteiger partial charge in [-0.05, 0) is 38.6 Å². The van der Waals surface area contributed by atoms with Crippen LogP contribution in [0.15, 0.2) is 0 Å². The zero-order valence-electron chi connectivity index (χ0n) is 9.46. The Hall–Kier alpha value is -0.0800. The predicted molar refractivity (Wildman–Crippen MR) is 58.4 cm³/mol. The van der Waals surface area contributed by atoms with E-state index < -0.39 is 0 Å². The number of rotatable bonds is 5. The summed E-state index contributed by atoms with van der Waals surface area (Å²) in [6.07, 6.45) is 7.72. The van der Waals surface area contributed by atoms with Gasteiger partial charge in [-0.1, -0.05) is 19.8 Å². The van der Waals surface area contributed by atoms with E-state index in [-0.39, 0.29) is 0 Å². The molecule has 2 fully saturated rings. The number of hydrogen-bond donors (Lipinski definition) is 1. The smallest absolute Gasteiger partial charge is 0.0732 e. The van der Waals surface area contributed by atoms with Crippen LogP contribution in [0.25, 0.3) is 0 Å². The standard InChI is InChI=1S/C12H23NO/c1-3-13-11(8-10-5-6-10)12-7-4-9(2)14-12/h9-13H,3-8H2,1-2H3. The van der Waals surface area contributed by atoms with Gasteiger partial charge in [0.05, 0.1) is 12.2 Å². The van der Waals surface area contributed by atoms with Gasteiger partial charge in [0.2, 0.25) is 0 Å². The molecule has 1 N–H and O–H groups in total. The average Bonchev–Trinajstić information content (AvgIpc) is 2.87. The molecule has 82 valence electrons. The summed E-state index contributed by atoms with van der Waals surface area (Å²) in [4.78, 5) is 0. The summed E-state index contributed by atoms with van der Waals surface area (Å²) in [6.45, 7) is 5.46. The fourth-order valence-corrected chi connectivity index (χ4v) is 2.47. The fourth-order valence-electron chi connectivity index (χ4n) is 2.47. The SMILES string of the molecule is CCNC(CC1CC1)C1CCC(C)O1. The molecule has 2 nitrogen and oxygen atoms in total. The van der Waals surface area contributed by atoms with Gasteiger partial charge in [-0.2, -0.15) is 0 Å². The van der Waals surface area contributed by atoms with Crippen LogP contribution in [0.4, 0.5) is 0 Å². The maximum absolute atomic E-state index is 5.94. The Kier molecular flexibility index (Phi) is 3.45. The van der Waals surface area contributed by atoms with Crippen LogP contribution in [0.5, 0.6) is 0 Å². The van der Waals surface area contributed by atoms with Crippen molar-refractivity contribution in [3.05, 3.63) is 0 Å². The number of ether oxygens (including phenoxy) is 1. The van der Waals surface area contributed by atoms with E-state index in [1.807, 2.05) is 0 Å². The molecule has 1 heterocycles. The molecule has 2 heteroatoms. The lowest BCUT2D eigenvalue weighted by Gasteiger charge is -2.24. The average molecular weight is 197 g/mol. The molecular weight excluding hydrogens is 174 g/mol. The topological polar surface area (TPSA) is 21.3 Å². The van der Waals surface area contributed by atoms with Gasteiger partial charge in [0.15, 0.2) is 0 Å². The quantitative estimate of drug-likeness (QED) is 0.730. The van der Waals surface area contributed by atoms with Gasteiger partial charge in [-0.3, -0.25) is 0 Å². The maximum atomic E-state index is 5.94. The van der Waals surface area contributed by atoms with Gasteiger partial charge in [-0.25, -0.2) is 0 Å². The molecule has 1 aliphatic carbocycles. The second kappa shape index (κ2) is 4.63. The zero-order chi connectivity index (χ0) is 9.97. The first-order chi connectivity index (χ1) is 6.79. The summed E-state index contributed by atoms with van der Waals surface area (Å²) >= 11 is 0. The third-order valence-corrected chi connectivity index (χ3v) is 3.46. The van der Waals surface area contributed by atoms with Crippen molar-refractivity contribution in [1.29, 1.82) is 0 Å². The Labute approximate surface area is 87.4 Å². The van der Waals surface area contributed by atoms with Crippen LogP contribution in [0.3, 0.4) is 0 Å². The van der Waals surface area contributed by atoms with E-state index in [1.165, 1.54) is 32.1 Å². The Bertz CT molecular complexity index is 179. The zero-order valence-corrected chi connectivity index (χ0v) is 9.46. The highest BCUT2D eigenvalue weighted by Crippen LogP contribution is 2.36. The molecule has 1 saturated heterocycles. The molecule has 0 aromatic heterocycles. The molecule has 0 aromatic rings. The van der Waals surface area contributed by atoms with Crippen LogP contribution in [0.2, 0.25) is 0 Å². The van der Waals surface area contributed by atoms with Crippen LogP contribution in [0.1, 0.15) is 46.0 Å². The van der Waals surface area contributed by atoms with Crippen molar-refractivity contribution in [3.63, 3.8) is 0 Å². The maximum Gasteiger partial charge on any atom is 0.0732 e. The Morgan fingerprint density at radius 1 is 1.29 bits per heavy atom. The first-order valence-corrected chi connectivity index (χ1v) is 6.18. The summed E-state index contributed by atoms with van der Waals surface area (Å²) in [7, 11) is 0. The second-order valence-electron chi connectivity index (χ2n) is 4.91. The van der Waals surface area contributed by atoms with Crippen molar-refractivity contribution < 1.29 is 4.74 Å². The highest BCUT2D eigenvalue weighted by atomic mass is 16.5. The second-order valence-corrected chi connectivity index (χ2v) is 4.91. The molecule has 2 aliphatic rings. The minimum atomic E-state index is 0.486. The molecule has 0 spiro atoms. The van der Waals surface area contributed by atoms with Crippen LogP contribution in [-0.2, 0) is 4.74 Å². The summed E-state index contributed by atoms with van der Waals surface area (Å²) in [5, 5.41) is 3.59. The summed E-state index contributed by atoms with van der Waals surface area (Å²) in [5.41, 5.74) is 0. The molecule has 1 saturated carbocycles. The largest absolute Gasteiger partial charge is 0.374 e. The van der Waals surface area contributed by atoms with E-state index in [0.29, 0.717) is 18.2 Å². The van der Waals surface area contributed by atoms with Crippen LogP contribution < -0.4 is 5.32 Å². The lowest BCUT2D eigenvalue weighted by molar-refractivity contribution is 0.0291. The van der Waals surface area contributed by atoms with Gasteiger partial charge >= 0.3 is 0 Å². The summed E-state index contributed by atoms with van der Waals surface area (Å²) < 4.78 is 5.94. The lowest BCUT2D eigenvalue weighted by atomic mass is 10.0. The van der Waals surface area contributed by atoms with E-state index in [1.54, 1.807) is 0 Å². The number of likely N-dealkylation sites (N-methyl/N-ethyl adjacent to an activating group) is 1. The van der Waals surface area contributed by atoms with Gasteiger partial charge in [0, 0.05) is 6.04 Å². The fraction of sp³-hybridized carbons (Fsp3) is 1.00. The van der Waals surface area contributed by atoms with Crippen molar-refractivity contribution in [2.45, 2.75) is 64.2 Å². The van der Waals surface area contributed by atoms with E-state index in [0.717, 1.165) is 12.5 Å². The third-order valence-electron chi connectivity index (χ3n) is 3.46. The van der Waals surface area contributed by atoms with Crippen LogP contribution >= 0.6 is 0 Å². The van der Waals surface area contributed by atoms with Gasteiger partial charge in [0.25, 0.3) is 0 Å². The van der Waals surface area contributed by atoms with Crippen molar-refractivity contribution in [1.82, 2.24) is 5.32 Å². The minimum Gasteiger partial charge on any atom is -0.374 e. The monoisotopic (exact) mass is 197 g/mol. The van der Waals surface area contributed by atoms with Gasteiger partial charge in [-0.15, -0.1) is 0 Å². The van der Waals surface area contributed by atoms with Crippen molar-refractivity contribution >= 4 is 0 Å².